The van der Waals surface area contributed by atoms with Crippen LogP contribution in [0.1, 0.15) is 83.2 Å². The quantitative estimate of drug-likeness (QED) is 0.255. The van der Waals surface area contributed by atoms with E-state index < -0.39 is 9.84 Å². The number of rotatable bonds is 3. The maximum Gasteiger partial charge on any atom is 0.223 e. The number of hydrogen-bond acceptors (Lipinski definition) is 4. The monoisotopic (exact) mass is 552 g/mol. The number of aromatic nitrogens is 1. The lowest BCUT2D eigenvalue weighted by molar-refractivity contribution is 0.573. The van der Waals surface area contributed by atoms with Crippen molar-refractivity contribution in [2.75, 3.05) is 4.90 Å². The third-order valence-corrected chi connectivity index (χ3v) is 9.85. The van der Waals surface area contributed by atoms with Crippen molar-refractivity contribution in [2.45, 2.75) is 88.5 Å². The maximum absolute atomic E-state index is 13.3. The summed E-state index contributed by atoms with van der Waals surface area (Å²) in [6.45, 7) is 20.1. The largest absolute Gasteiger partial charge is 0.310 e. The average Bonchev–Trinajstić information content (AvgIpc) is 2.88. The predicted octanol–water partition coefficient (Wildman–Crippen LogP) is 8.93. The van der Waals surface area contributed by atoms with E-state index in [4.69, 9.17) is 0 Å². The van der Waals surface area contributed by atoms with Crippen molar-refractivity contribution in [3.05, 3.63) is 107 Å². The van der Waals surface area contributed by atoms with Crippen LogP contribution >= 0.6 is 0 Å². The van der Waals surface area contributed by atoms with E-state index in [1.54, 1.807) is 24.3 Å². The van der Waals surface area contributed by atoms with Crippen LogP contribution in [0.3, 0.4) is 0 Å². The minimum absolute atomic E-state index is 0.0148. The first-order chi connectivity index (χ1) is 18.5. The summed E-state index contributed by atoms with van der Waals surface area (Å²) in [6.07, 6.45) is 1.51. The molecule has 5 rings (SSSR count). The molecule has 208 valence electrons. The van der Waals surface area contributed by atoms with Gasteiger partial charge in [-0.15, -0.1) is 0 Å². The molecule has 4 aromatic rings. The van der Waals surface area contributed by atoms with Crippen LogP contribution in [0.4, 0.5) is 17.1 Å². The van der Waals surface area contributed by atoms with Gasteiger partial charge in [0.2, 0.25) is 9.84 Å². The highest BCUT2D eigenvalue weighted by Gasteiger charge is 2.39. The Balaban J connectivity index is 1.74. The fourth-order valence-corrected chi connectivity index (χ4v) is 6.88. The van der Waals surface area contributed by atoms with E-state index in [0.717, 1.165) is 22.6 Å². The van der Waals surface area contributed by atoms with Gasteiger partial charge < -0.3 is 4.90 Å². The SMILES string of the molecule is Cc1cc(S(=O)(=O)c2ccccn2)ccc1N1c2ccc(C(C)(C)C)cc2C(C)(C)c2cc(C(C)(C)C)ccc21. The van der Waals surface area contributed by atoms with Gasteiger partial charge in [0.15, 0.2) is 5.03 Å². The zero-order valence-corrected chi connectivity index (χ0v) is 25.9. The predicted molar refractivity (Wildman–Crippen MR) is 165 cm³/mol. The van der Waals surface area contributed by atoms with Gasteiger partial charge in [-0.3, -0.25) is 0 Å². The normalized spacial score (nSPS) is 15.0. The molecule has 2 heterocycles. The van der Waals surface area contributed by atoms with E-state index in [1.807, 2.05) is 13.0 Å². The van der Waals surface area contributed by atoms with Crippen LogP contribution in [-0.4, -0.2) is 13.4 Å². The summed E-state index contributed by atoms with van der Waals surface area (Å²) in [7, 11) is -3.72. The molecule has 1 aliphatic rings. The van der Waals surface area contributed by atoms with E-state index >= 15 is 0 Å². The maximum atomic E-state index is 13.3. The Morgan fingerprint density at radius 3 is 1.68 bits per heavy atom. The molecule has 0 amide bonds. The minimum Gasteiger partial charge on any atom is -0.310 e. The Morgan fingerprint density at radius 2 is 1.23 bits per heavy atom. The Bertz CT molecular complexity index is 1640. The first-order valence-electron chi connectivity index (χ1n) is 13.9. The molecule has 0 N–H and O–H groups in total. The van der Waals surface area contributed by atoms with Gasteiger partial charge in [0, 0.05) is 17.3 Å². The summed E-state index contributed by atoms with van der Waals surface area (Å²) in [5.74, 6) is 0. The fraction of sp³-hybridized carbons (Fsp3) is 0.343. The van der Waals surface area contributed by atoms with Crippen molar-refractivity contribution in [1.82, 2.24) is 4.98 Å². The molecule has 0 saturated carbocycles. The number of fused-ring (bicyclic) bond motifs is 2. The molecule has 40 heavy (non-hydrogen) atoms. The zero-order chi connectivity index (χ0) is 29.3. The highest BCUT2D eigenvalue weighted by molar-refractivity contribution is 7.91. The summed E-state index contributed by atoms with van der Waals surface area (Å²) in [6, 6.07) is 24.0. The van der Waals surface area contributed by atoms with E-state index in [9.17, 15) is 8.42 Å². The van der Waals surface area contributed by atoms with Gasteiger partial charge in [-0.2, -0.15) is 0 Å². The molecule has 0 saturated heterocycles. The molecule has 0 unspecified atom stereocenters. The minimum atomic E-state index is -3.72. The molecular formula is C35H40N2O2S. The van der Waals surface area contributed by atoms with Crippen LogP contribution in [0, 0.1) is 6.92 Å². The lowest BCUT2D eigenvalue weighted by Crippen LogP contribution is -2.32. The molecule has 0 fully saturated rings. The van der Waals surface area contributed by atoms with Crippen LogP contribution < -0.4 is 4.90 Å². The molecule has 0 radical (unpaired) electrons. The van der Waals surface area contributed by atoms with Gasteiger partial charge in [-0.1, -0.05) is 85.7 Å². The van der Waals surface area contributed by atoms with Crippen molar-refractivity contribution >= 4 is 26.9 Å². The highest BCUT2D eigenvalue weighted by Crippen LogP contribution is 2.54. The summed E-state index contributed by atoms with van der Waals surface area (Å²) >= 11 is 0. The van der Waals surface area contributed by atoms with E-state index in [-0.39, 0.29) is 26.2 Å². The van der Waals surface area contributed by atoms with Gasteiger partial charge in [-0.25, -0.2) is 13.4 Å². The molecule has 1 aliphatic heterocycles. The number of sulfone groups is 1. The van der Waals surface area contributed by atoms with Crippen LogP contribution in [-0.2, 0) is 26.1 Å². The molecule has 0 atom stereocenters. The summed E-state index contributed by atoms with van der Waals surface area (Å²) in [5.41, 5.74) is 9.02. The first kappa shape index (κ1) is 28.1. The lowest BCUT2D eigenvalue weighted by atomic mass is 9.70. The summed E-state index contributed by atoms with van der Waals surface area (Å²) in [4.78, 5) is 6.66. The Morgan fingerprint density at radius 1 is 0.700 bits per heavy atom. The highest BCUT2D eigenvalue weighted by atomic mass is 32.2. The van der Waals surface area contributed by atoms with Gasteiger partial charge in [0.25, 0.3) is 0 Å². The van der Waals surface area contributed by atoms with E-state index in [0.29, 0.717) is 0 Å². The van der Waals surface area contributed by atoms with Gasteiger partial charge >= 0.3 is 0 Å². The summed E-state index contributed by atoms with van der Waals surface area (Å²) < 4.78 is 26.7. The van der Waals surface area contributed by atoms with Crippen molar-refractivity contribution < 1.29 is 8.42 Å². The van der Waals surface area contributed by atoms with Gasteiger partial charge in [0.1, 0.15) is 0 Å². The molecule has 0 bridgehead atoms. The fourth-order valence-electron chi connectivity index (χ4n) is 5.60. The number of hydrogen-bond donors (Lipinski definition) is 0. The lowest BCUT2D eigenvalue weighted by Gasteiger charge is -2.44. The standard InChI is InChI=1S/C35H40N2O2S/c1-23-20-26(40(38,39)32-12-10-11-19-36-32)15-18-29(23)37-30-16-13-24(33(2,3)4)21-27(30)35(8,9)28-22-25(34(5,6)7)14-17-31(28)37/h10-22H,1-9H3. The molecule has 3 aromatic carbocycles. The number of aryl methyl sites for hydroxylation is 1. The Kier molecular flexibility index (Phi) is 6.54. The zero-order valence-electron chi connectivity index (χ0n) is 25.1. The second-order valence-electron chi connectivity index (χ2n) is 13.5. The summed E-state index contributed by atoms with van der Waals surface area (Å²) in [5, 5.41) is 0.0574. The molecule has 1 aromatic heterocycles. The number of pyridine rings is 1. The molecule has 5 heteroatoms. The van der Waals surface area contributed by atoms with Crippen LogP contribution in [0.25, 0.3) is 0 Å². The molecule has 0 spiro atoms. The van der Waals surface area contributed by atoms with Crippen molar-refractivity contribution in [2.24, 2.45) is 0 Å². The number of anilines is 3. The van der Waals surface area contributed by atoms with E-state index in [2.05, 4.69) is 102 Å². The van der Waals surface area contributed by atoms with Crippen molar-refractivity contribution in [1.29, 1.82) is 0 Å². The smallest absolute Gasteiger partial charge is 0.223 e. The first-order valence-corrected chi connectivity index (χ1v) is 15.4. The van der Waals surface area contributed by atoms with E-state index in [1.165, 1.54) is 34.5 Å². The van der Waals surface area contributed by atoms with Crippen molar-refractivity contribution in [3.8, 4) is 0 Å². The number of nitrogens with zero attached hydrogens (tertiary/aromatic N) is 2. The number of benzene rings is 3. The molecule has 4 nitrogen and oxygen atoms in total. The van der Waals surface area contributed by atoms with Crippen LogP contribution in [0.5, 0.6) is 0 Å². The van der Waals surface area contributed by atoms with Crippen molar-refractivity contribution in [3.63, 3.8) is 0 Å². The van der Waals surface area contributed by atoms with Crippen LogP contribution in [0.2, 0.25) is 0 Å². The Hall–Kier alpha value is -3.44. The third-order valence-electron chi connectivity index (χ3n) is 8.19. The molecular weight excluding hydrogens is 512 g/mol. The second kappa shape index (κ2) is 9.31. The van der Waals surface area contributed by atoms with Gasteiger partial charge in [0.05, 0.1) is 16.3 Å². The van der Waals surface area contributed by atoms with Crippen LogP contribution in [0.15, 0.2) is 88.9 Å². The third kappa shape index (κ3) is 4.64. The molecule has 0 aliphatic carbocycles. The topological polar surface area (TPSA) is 50.3 Å². The average molecular weight is 553 g/mol. The Labute approximate surface area is 240 Å². The van der Waals surface area contributed by atoms with Gasteiger partial charge in [-0.05, 0) is 88.0 Å². The second-order valence-corrected chi connectivity index (χ2v) is 15.4.